The molecule has 0 saturated heterocycles. The first-order chi connectivity index (χ1) is 7.77. The molecule has 0 unspecified atom stereocenters. The SMILES string of the molecule is C=C(Cc1c(Br)c(Br)c(Br)c(Br)c1Br)C(=O)[O-]. The van der Waals surface area contributed by atoms with Crippen LogP contribution in [0.15, 0.2) is 34.5 Å². The number of carbonyl (C=O) groups is 1. The fourth-order valence-electron chi connectivity index (χ4n) is 1.09. The van der Waals surface area contributed by atoms with Gasteiger partial charge in [-0.15, -0.1) is 0 Å². The van der Waals surface area contributed by atoms with Gasteiger partial charge in [-0.05, 0) is 90.8 Å². The zero-order chi connectivity index (χ0) is 13.3. The standard InChI is InChI=1S/C10H5Br5O2/c1-3(10(16)17)2-4-5(11)7(13)9(15)8(14)6(4)12/h1-2H2,(H,16,17)/p-1. The average molecular weight is 556 g/mol. The van der Waals surface area contributed by atoms with Crippen molar-refractivity contribution in [2.75, 3.05) is 0 Å². The van der Waals surface area contributed by atoms with E-state index in [9.17, 15) is 9.90 Å². The van der Waals surface area contributed by atoms with Crippen molar-refractivity contribution in [1.82, 2.24) is 0 Å². The Morgan fingerprint density at radius 3 is 1.65 bits per heavy atom. The van der Waals surface area contributed by atoms with Crippen LogP contribution in [0, 0.1) is 0 Å². The Morgan fingerprint density at radius 1 is 0.941 bits per heavy atom. The molecule has 0 aliphatic heterocycles. The summed E-state index contributed by atoms with van der Waals surface area (Å²) in [5, 5.41) is 10.7. The molecule has 0 atom stereocenters. The molecular weight excluding hydrogens is 552 g/mol. The normalized spacial score (nSPS) is 10.4. The predicted molar refractivity (Wildman–Crippen MR) is 82.8 cm³/mol. The Labute approximate surface area is 140 Å². The molecule has 1 aromatic carbocycles. The van der Waals surface area contributed by atoms with Gasteiger partial charge in [-0.3, -0.25) is 0 Å². The van der Waals surface area contributed by atoms with Crippen LogP contribution < -0.4 is 5.11 Å². The molecule has 0 aromatic heterocycles. The van der Waals surface area contributed by atoms with Gasteiger partial charge in [-0.25, -0.2) is 0 Å². The van der Waals surface area contributed by atoms with E-state index in [2.05, 4.69) is 86.2 Å². The zero-order valence-corrected chi connectivity index (χ0v) is 16.1. The van der Waals surface area contributed by atoms with Gasteiger partial charge in [0.15, 0.2) is 0 Å². The van der Waals surface area contributed by atoms with E-state index in [0.29, 0.717) is 0 Å². The molecule has 0 N–H and O–H groups in total. The number of halogens is 5. The molecule has 0 heterocycles. The Bertz CT molecular complexity index is 481. The van der Waals surface area contributed by atoms with Gasteiger partial charge < -0.3 is 9.90 Å². The minimum atomic E-state index is -1.25. The van der Waals surface area contributed by atoms with Gasteiger partial charge in [0.2, 0.25) is 0 Å². The van der Waals surface area contributed by atoms with Crippen molar-refractivity contribution in [3.05, 3.63) is 40.1 Å². The van der Waals surface area contributed by atoms with Gasteiger partial charge in [0.25, 0.3) is 0 Å². The summed E-state index contributed by atoms with van der Waals surface area (Å²) in [5.74, 6) is -1.25. The summed E-state index contributed by atoms with van der Waals surface area (Å²) in [4.78, 5) is 10.7. The van der Waals surface area contributed by atoms with E-state index in [4.69, 9.17) is 0 Å². The fraction of sp³-hybridized carbons (Fsp3) is 0.100. The monoisotopic (exact) mass is 551 g/mol. The van der Waals surface area contributed by atoms with Crippen LogP contribution in [-0.2, 0) is 11.2 Å². The second-order valence-electron chi connectivity index (χ2n) is 3.12. The number of rotatable bonds is 3. The Morgan fingerprint density at radius 2 is 1.29 bits per heavy atom. The van der Waals surface area contributed by atoms with Crippen LogP contribution in [0.5, 0.6) is 0 Å². The first-order valence-electron chi connectivity index (χ1n) is 4.16. The smallest absolute Gasteiger partial charge is 0.0672 e. The van der Waals surface area contributed by atoms with Crippen molar-refractivity contribution in [2.45, 2.75) is 6.42 Å². The molecule has 1 aromatic rings. The second-order valence-corrected chi connectivity index (χ2v) is 7.08. The summed E-state index contributed by atoms with van der Waals surface area (Å²) < 4.78 is 3.96. The molecule has 0 spiro atoms. The number of carbonyl (C=O) groups excluding carboxylic acids is 1. The molecule has 17 heavy (non-hydrogen) atoms. The van der Waals surface area contributed by atoms with Gasteiger partial charge in [-0.1, -0.05) is 6.58 Å². The van der Waals surface area contributed by atoms with Crippen molar-refractivity contribution in [1.29, 1.82) is 0 Å². The number of benzene rings is 1. The summed E-state index contributed by atoms with van der Waals surface area (Å²) in [6, 6.07) is 0. The highest BCUT2D eigenvalue weighted by Gasteiger charge is 2.18. The van der Waals surface area contributed by atoms with Gasteiger partial charge in [-0.2, -0.15) is 0 Å². The molecule has 1 rings (SSSR count). The Balaban J connectivity index is 3.35. The van der Waals surface area contributed by atoms with E-state index in [1.165, 1.54) is 0 Å². The van der Waals surface area contributed by atoms with Gasteiger partial charge in [0, 0.05) is 28.8 Å². The molecule has 0 saturated carbocycles. The molecule has 92 valence electrons. The first kappa shape index (κ1) is 15.9. The van der Waals surface area contributed by atoms with Crippen LogP contribution in [0.4, 0.5) is 0 Å². The number of aliphatic carboxylic acids is 1. The lowest BCUT2D eigenvalue weighted by atomic mass is 10.1. The van der Waals surface area contributed by atoms with E-state index >= 15 is 0 Å². The third kappa shape index (κ3) is 3.43. The zero-order valence-electron chi connectivity index (χ0n) is 8.12. The number of hydrogen-bond donors (Lipinski definition) is 0. The van der Waals surface area contributed by atoms with Crippen LogP contribution in [-0.4, -0.2) is 5.97 Å². The summed E-state index contributed by atoms with van der Waals surface area (Å²) >= 11 is 17.0. The summed E-state index contributed by atoms with van der Waals surface area (Å²) in [6.45, 7) is 3.47. The minimum absolute atomic E-state index is 0.0209. The van der Waals surface area contributed by atoms with Crippen molar-refractivity contribution in [3.63, 3.8) is 0 Å². The molecular formula is C10H4Br5O2-. The van der Waals surface area contributed by atoms with Crippen molar-refractivity contribution < 1.29 is 9.90 Å². The molecule has 0 aliphatic carbocycles. The number of carboxylic acids is 1. The van der Waals surface area contributed by atoms with Crippen molar-refractivity contribution in [2.24, 2.45) is 0 Å². The molecule has 7 heteroatoms. The van der Waals surface area contributed by atoms with Crippen LogP contribution in [0.3, 0.4) is 0 Å². The average Bonchev–Trinajstić information content (AvgIpc) is 2.29. The molecule has 0 radical (unpaired) electrons. The highest BCUT2D eigenvalue weighted by molar-refractivity contribution is 9.15. The molecule has 0 aliphatic rings. The highest BCUT2D eigenvalue weighted by Crippen LogP contribution is 2.45. The lowest BCUT2D eigenvalue weighted by Crippen LogP contribution is -2.25. The molecule has 0 amide bonds. The fourth-order valence-corrected chi connectivity index (χ4v) is 4.50. The summed E-state index contributed by atoms with van der Waals surface area (Å²) in [7, 11) is 0. The van der Waals surface area contributed by atoms with Crippen molar-refractivity contribution >= 4 is 85.6 Å². The summed E-state index contributed by atoms with van der Waals surface area (Å²) in [5.41, 5.74) is 0.800. The van der Waals surface area contributed by atoms with Gasteiger partial charge in [0.05, 0.1) is 5.97 Å². The summed E-state index contributed by atoms with van der Waals surface area (Å²) in [6.07, 6.45) is 0.188. The van der Waals surface area contributed by atoms with E-state index < -0.39 is 5.97 Å². The highest BCUT2D eigenvalue weighted by atomic mass is 79.9. The third-order valence-electron chi connectivity index (χ3n) is 1.98. The largest absolute Gasteiger partial charge is 0.545 e. The van der Waals surface area contributed by atoms with E-state index in [-0.39, 0.29) is 12.0 Å². The lowest BCUT2D eigenvalue weighted by molar-refractivity contribution is -0.299. The Kier molecular flexibility index (Phi) is 5.91. The maximum Gasteiger partial charge on any atom is 0.0672 e. The maximum absolute atomic E-state index is 10.7. The van der Waals surface area contributed by atoms with Crippen LogP contribution >= 0.6 is 79.6 Å². The topological polar surface area (TPSA) is 40.1 Å². The van der Waals surface area contributed by atoms with E-state index in [1.807, 2.05) is 0 Å². The first-order valence-corrected chi connectivity index (χ1v) is 8.13. The maximum atomic E-state index is 10.7. The second kappa shape index (κ2) is 6.32. The van der Waals surface area contributed by atoms with Crippen molar-refractivity contribution in [3.8, 4) is 0 Å². The van der Waals surface area contributed by atoms with Crippen LogP contribution in [0.25, 0.3) is 0 Å². The third-order valence-corrected chi connectivity index (χ3v) is 8.24. The minimum Gasteiger partial charge on any atom is -0.545 e. The van der Waals surface area contributed by atoms with Crippen LogP contribution in [0.1, 0.15) is 5.56 Å². The van der Waals surface area contributed by atoms with E-state index in [0.717, 1.165) is 27.9 Å². The quantitative estimate of drug-likeness (QED) is 0.316. The van der Waals surface area contributed by atoms with Crippen LogP contribution in [0.2, 0.25) is 0 Å². The van der Waals surface area contributed by atoms with Gasteiger partial charge in [0.1, 0.15) is 0 Å². The van der Waals surface area contributed by atoms with Gasteiger partial charge >= 0.3 is 0 Å². The molecule has 0 bridgehead atoms. The number of hydrogen-bond acceptors (Lipinski definition) is 2. The Hall–Kier alpha value is 0.830. The predicted octanol–water partition coefficient (Wildman–Crippen LogP) is 4.35. The lowest BCUT2D eigenvalue weighted by Gasteiger charge is -2.15. The number of carboxylic acid groups (broad SMARTS) is 1. The molecule has 0 fully saturated rings. The molecule has 2 nitrogen and oxygen atoms in total. The van der Waals surface area contributed by atoms with E-state index in [1.54, 1.807) is 0 Å².